The Morgan fingerprint density at radius 2 is 1.25 bits per heavy atom. The number of nitrogens with two attached hydrogens (primary N) is 1. The number of benzene rings is 1. The second kappa shape index (κ2) is 4.74. The van der Waals surface area contributed by atoms with Gasteiger partial charge in [-0.15, -0.1) is 0 Å². The normalized spacial score (nSPS) is 13.9. The molecule has 0 spiro atoms. The molecule has 0 amide bonds. The molecule has 2 N–H and O–H groups in total. The Kier molecular flexibility index (Phi) is 3.90. The second-order valence-corrected chi connectivity index (χ2v) is 3.83. The largest absolute Gasteiger partial charge is 0.418 e. The summed E-state index contributed by atoms with van der Waals surface area (Å²) in [6.07, 6.45) is -17.3. The Balaban J connectivity index is 3.63. The van der Waals surface area contributed by atoms with E-state index in [1.807, 2.05) is 0 Å². The first-order valence-corrected chi connectivity index (χ1v) is 4.85. The molecule has 0 atom stereocenters. The van der Waals surface area contributed by atoms with E-state index in [0.29, 0.717) is 12.1 Å². The van der Waals surface area contributed by atoms with Crippen LogP contribution in [0.2, 0.25) is 0 Å². The molecular weight excluding hydrogens is 305 g/mol. The van der Waals surface area contributed by atoms with Gasteiger partial charge in [-0.25, -0.2) is 0 Å². The van der Waals surface area contributed by atoms with Crippen LogP contribution in [0.4, 0.5) is 45.2 Å². The van der Waals surface area contributed by atoms with Gasteiger partial charge >= 0.3 is 18.5 Å². The number of halogens is 9. The number of nitrogen functional groups attached to an aromatic ring is 1. The van der Waals surface area contributed by atoms with Crippen molar-refractivity contribution in [3.8, 4) is 0 Å². The van der Waals surface area contributed by atoms with Crippen molar-refractivity contribution in [3.63, 3.8) is 0 Å². The molecular formula is C10H6F9N. The van der Waals surface area contributed by atoms with Gasteiger partial charge < -0.3 is 5.73 Å². The van der Waals surface area contributed by atoms with Gasteiger partial charge in [0.15, 0.2) is 5.92 Å². The number of hydrogen-bond acceptors (Lipinski definition) is 1. The van der Waals surface area contributed by atoms with Crippen LogP contribution >= 0.6 is 0 Å². The molecule has 0 aliphatic carbocycles. The molecule has 0 saturated heterocycles. The number of rotatable bonds is 1. The van der Waals surface area contributed by atoms with E-state index in [2.05, 4.69) is 0 Å². The van der Waals surface area contributed by atoms with E-state index >= 15 is 0 Å². The number of alkyl halides is 9. The maximum Gasteiger partial charge on any atom is 0.418 e. The minimum Gasteiger partial charge on any atom is -0.398 e. The molecule has 1 aromatic rings. The fraction of sp³-hybridized carbons (Fsp3) is 0.400. The Bertz CT molecular complexity index is 469. The van der Waals surface area contributed by atoms with Crippen molar-refractivity contribution in [3.05, 3.63) is 29.3 Å². The van der Waals surface area contributed by atoms with Crippen LogP contribution in [0.25, 0.3) is 0 Å². The molecule has 0 saturated carbocycles. The Hall–Kier alpha value is -1.61. The molecule has 0 heterocycles. The van der Waals surface area contributed by atoms with Gasteiger partial charge in [-0.2, -0.15) is 39.5 Å². The van der Waals surface area contributed by atoms with E-state index in [0.717, 1.165) is 0 Å². The van der Waals surface area contributed by atoms with Crippen molar-refractivity contribution in [2.75, 3.05) is 5.73 Å². The fourth-order valence-corrected chi connectivity index (χ4v) is 1.69. The van der Waals surface area contributed by atoms with Crippen molar-refractivity contribution >= 4 is 5.69 Å². The molecule has 0 radical (unpaired) electrons. The molecule has 1 nitrogen and oxygen atoms in total. The van der Waals surface area contributed by atoms with Gasteiger partial charge in [0.1, 0.15) is 0 Å². The Morgan fingerprint density at radius 3 is 1.60 bits per heavy atom. The van der Waals surface area contributed by atoms with Crippen molar-refractivity contribution < 1.29 is 39.5 Å². The van der Waals surface area contributed by atoms with Gasteiger partial charge in [-0.1, -0.05) is 12.1 Å². The van der Waals surface area contributed by atoms with Crippen molar-refractivity contribution in [2.24, 2.45) is 0 Å². The SMILES string of the molecule is Nc1cccc(C(C(F)(F)F)C(F)(F)F)c1C(F)(F)F. The topological polar surface area (TPSA) is 26.0 Å². The summed E-state index contributed by atoms with van der Waals surface area (Å²) in [4.78, 5) is 0. The predicted octanol–water partition coefficient (Wildman–Crippen LogP) is 4.50. The monoisotopic (exact) mass is 311 g/mol. The van der Waals surface area contributed by atoms with Gasteiger partial charge in [0.25, 0.3) is 0 Å². The molecule has 0 unspecified atom stereocenters. The first kappa shape index (κ1) is 16.4. The van der Waals surface area contributed by atoms with E-state index in [-0.39, 0.29) is 6.07 Å². The van der Waals surface area contributed by atoms with E-state index < -0.39 is 41.3 Å². The average molecular weight is 311 g/mol. The van der Waals surface area contributed by atoms with Gasteiger partial charge in [-0.3, -0.25) is 0 Å². The van der Waals surface area contributed by atoms with Crippen molar-refractivity contribution in [1.29, 1.82) is 0 Å². The van der Waals surface area contributed by atoms with Gasteiger partial charge in [0, 0.05) is 5.69 Å². The third-order valence-electron chi connectivity index (χ3n) is 2.38. The lowest BCUT2D eigenvalue weighted by Crippen LogP contribution is -2.35. The maximum atomic E-state index is 12.6. The predicted molar refractivity (Wildman–Crippen MR) is 50.7 cm³/mol. The summed E-state index contributed by atoms with van der Waals surface area (Å²) < 4.78 is 113. The molecule has 0 fully saturated rings. The zero-order chi connectivity index (χ0) is 15.9. The van der Waals surface area contributed by atoms with Crippen LogP contribution in [-0.4, -0.2) is 12.4 Å². The lowest BCUT2D eigenvalue weighted by Gasteiger charge is -2.26. The zero-order valence-electron chi connectivity index (χ0n) is 9.29. The lowest BCUT2D eigenvalue weighted by atomic mass is 9.91. The Morgan fingerprint density at radius 1 is 0.800 bits per heavy atom. The molecule has 20 heavy (non-hydrogen) atoms. The fourth-order valence-electron chi connectivity index (χ4n) is 1.69. The third kappa shape index (κ3) is 3.28. The minimum atomic E-state index is -5.92. The van der Waals surface area contributed by atoms with Gasteiger partial charge in [0.05, 0.1) is 5.56 Å². The van der Waals surface area contributed by atoms with Crippen molar-refractivity contribution in [2.45, 2.75) is 24.4 Å². The maximum absolute atomic E-state index is 12.6. The van der Waals surface area contributed by atoms with Crippen LogP contribution in [0.5, 0.6) is 0 Å². The third-order valence-corrected chi connectivity index (χ3v) is 2.38. The molecule has 114 valence electrons. The summed E-state index contributed by atoms with van der Waals surface area (Å²) in [6.45, 7) is 0. The lowest BCUT2D eigenvalue weighted by molar-refractivity contribution is -0.254. The van der Waals surface area contributed by atoms with Gasteiger partial charge in [0.2, 0.25) is 0 Å². The average Bonchev–Trinajstić information content (AvgIpc) is 2.09. The molecule has 0 aliphatic heterocycles. The highest BCUT2D eigenvalue weighted by molar-refractivity contribution is 5.54. The first-order chi connectivity index (χ1) is 8.76. The molecule has 0 aliphatic rings. The molecule has 10 heteroatoms. The van der Waals surface area contributed by atoms with Crippen LogP contribution in [0, 0.1) is 0 Å². The summed E-state index contributed by atoms with van der Waals surface area (Å²) >= 11 is 0. The van der Waals surface area contributed by atoms with Crippen LogP contribution in [0.1, 0.15) is 17.0 Å². The van der Waals surface area contributed by atoms with Crippen LogP contribution in [0.3, 0.4) is 0 Å². The quantitative estimate of drug-likeness (QED) is 0.600. The minimum absolute atomic E-state index is 0.116. The van der Waals surface area contributed by atoms with E-state index in [1.54, 1.807) is 0 Å². The van der Waals surface area contributed by atoms with E-state index in [1.165, 1.54) is 0 Å². The zero-order valence-corrected chi connectivity index (χ0v) is 9.29. The molecule has 0 aromatic heterocycles. The molecule has 1 aromatic carbocycles. The highest BCUT2D eigenvalue weighted by Crippen LogP contribution is 2.50. The number of anilines is 1. The smallest absolute Gasteiger partial charge is 0.398 e. The van der Waals surface area contributed by atoms with Crippen LogP contribution < -0.4 is 5.73 Å². The second-order valence-electron chi connectivity index (χ2n) is 3.83. The van der Waals surface area contributed by atoms with E-state index in [9.17, 15) is 39.5 Å². The molecule has 1 rings (SSSR count). The van der Waals surface area contributed by atoms with Crippen LogP contribution in [0.15, 0.2) is 18.2 Å². The molecule has 0 bridgehead atoms. The summed E-state index contributed by atoms with van der Waals surface area (Å²) in [5.74, 6) is -4.25. The Labute approximate surface area is 106 Å². The summed E-state index contributed by atoms with van der Waals surface area (Å²) in [6, 6.07) is 1.30. The first-order valence-electron chi connectivity index (χ1n) is 4.85. The van der Waals surface area contributed by atoms with Crippen LogP contribution in [-0.2, 0) is 6.18 Å². The number of hydrogen-bond donors (Lipinski definition) is 1. The highest BCUT2D eigenvalue weighted by atomic mass is 19.4. The highest BCUT2D eigenvalue weighted by Gasteiger charge is 2.59. The summed E-state index contributed by atoms with van der Waals surface area (Å²) in [5.41, 5.74) is -0.409. The van der Waals surface area contributed by atoms with Crippen molar-refractivity contribution in [1.82, 2.24) is 0 Å². The summed E-state index contributed by atoms with van der Waals surface area (Å²) in [7, 11) is 0. The van der Waals surface area contributed by atoms with E-state index in [4.69, 9.17) is 5.73 Å². The standard InChI is InChI=1S/C10H6F9N/c11-8(12,13)6-4(2-1-3-5(6)20)7(9(14,15)16)10(17,18)19/h1-3,7H,20H2. The van der Waals surface area contributed by atoms with Gasteiger partial charge in [-0.05, 0) is 11.6 Å². The summed E-state index contributed by atoms with van der Waals surface area (Å²) in [5, 5.41) is 0.